The minimum Gasteiger partial charge on any atom is -0.496 e. The number of aryl methyl sites for hydroxylation is 1. The molecule has 3 rings (SSSR count). The Labute approximate surface area is 123 Å². The summed E-state index contributed by atoms with van der Waals surface area (Å²) < 4.78 is 21.3. The molecule has 0 spiro atoms. The van der Waals surface area contributed by atoms with Crippen LogP contribution in [-0.4, -0.2) is 28.3 Å². The van der Waals surface area contributed by atoms with Crippen LogP contribution in [0.3, 0.4) is 0 Å². The first kappa shape index (κ1) is 14.0. The van der Waals surface area contributed by atoms with Crippen LogP contribution in [0.4, 0.5) is 4.39 Å². The van der Waals surface area contributed by atoms with E-state index in [1.54, 1.807) is 17.9 Å². The van der Waals surface area contributed by atoms with Gasteiger partial charge in [0, 0.05) is 49.6 Å². The molecule has 5 nitrogen and oxygen atoms in total. The van der Waals surface area contributed by atoms with Gasteiger partial charge in [-0.1, -0.05) is 0 Å². The fourth-order valence-corrected chi connectivity index (χ4v) is 3.05. The lowest BCUT2D eigenvalue weighted by molar-refractivity contribution is 0.207. The summed E-state index contributed by atoms with van der Waals surface area (Å²) in [6.45, 7) is 1.69. The third-order valence-electron chi connectivity index (χ3n) is 3.98. The predicted octanol–water partition coefficient (Wildman–Crippen LogP) is 1.58. The van der Waals surface area contributed by atoms with Crippen molar-refractivity contribution in [2.24, 2.45) is 12.8 Å². The Morgan fingerprint density at radius 2 is 2.29 bits per heavy atom. The first-order valence-corrected chi connectivity index (χ1v) is 6.91. The zero-order chi connectivity index (χ0) is 15.0. The van der Waals surface area contributed by atoms with Crippen LogP contribution in [0.25, 0.3) is 0 Å². The van der Waals surface area contributed by atoms with Gasteiger partial charge in [-0.05, 0) is 12.1 Å². The summed E-state index contributed by atoms with van der Waals surface area (Å²) in [6.07, 6.45) is 3.79. The van der Waals surface area contributed by atoms with Crippen molar-refractivity contribution in [1.82, 2.24) is 14.7 Å². The average molecular weight is 290 g/mol. The molecule has 2 N–H and O–H groups in total. The molecular weight excluding hydrogens is 271 g/mol. The summed E-state index contributed by atoms with van der Waals surface area (Å²) in [5.41, 5.74) is 8.54. The van der Waals surface area contributed by atoms with Crippen LogP contribution in [-0.2, 0) is 20.1 Å². The molecule has 0 amide bonds. The van der Waals surface area contributed by atoms with Crippen molar-refractivity contribution >= 4 is 0 Å². The van der Waals surface area contributed by atoms with E-state index in [4.69, 9.17) is 10.5 Å². The largest absolute Gasteiger partial charge is 0.496 e. The zero-order valence-electron chi connectivity index (χ0n) is 12.2. The van der Waals surface area contributed by atoms with Crippen molar-refractivity contribution < 1.29 is 9.13 Å². The van der Waals surface area contributed by atoms with Crippen LogP contribution < -0.4 is 10.5 Å². The highest BCUT2D eigenvalue weighted by atomic mass is 19.1. The highest BCUT2D eigenvalue weighted by Gasteiger charge is 2.34. The minimum absolute atomic E-state index is 0.129. The van der Waals surface area contributed by atoms with Crippen LogP contribution in [0.5, 0.6) is 5.75 Å². The number of nitrogens with zero attached hydrogens (tertiary/aromatic N) is 3. The highest BCUT2D eigenvalue weighted by molar-refractivity contribution is 5.46. The molecule has 0 saturated carbocycles. The van der Waals surface area contributed by atoms with Crippen LogP contribution in [0.2, 0.25) is 0 Å². The standard InChI is InChI=1S/C15H19FN4O/c1-19-7-10(6-18-19)8-20-9-11-14(21-2)4-3-12(16)15(11)13(20)5-17/h3-4,6-7,13H,5,8-9,17H2,1-2H3. The Morgan fingerprint density at radius 3 is 2.90 bits per heavy atom. The lowest BCUT2D eigenvalue weighted by Gasteiger charge is -2.23. The number of nitrogens with two attached hydrogens (primary N) is 1. The lowest BCUT2D eigenvalue weighted by atomic mass is 10.0. The molecule has 0 fully saturated rings. The van der Waals surface area contributed by atoms with Crippen molar-refractivity contribution in [2.45, 2.75) is 19.1 Å². The number of rotatable bonds is 4. The minimum atomic E-state index is -0.213. The Morgan fingerprint density at radius 1 is 1.48 bits per heavy atom. The van der Waals surface area contributed by atoms with Gasteiger partial charge in [0.25, 0.3) is 0 Å². The van der Waals surface area contributed by atoms with E-state index in [1.807, 2.05) is 19.4 Å². The number of hydrogen-bond acceptors (Lipinski definition) is 4. The van der Waals surface area contributed by atoms with E-state index in [0.29, 0.717) is 25.2 Å². The molecule has 21 heavy (non-hydrogen) atoms. The fraction of sp³-hybridized carbons (Fsp3) is 0.400. The Bertz CT molecular complexity index is 655. The maximum Gasteiger partial charge on any atom is 0.128 e. The number of aromatic nitrogens is 2. The molecule has 1 aliphatic heterocycles. The lowest BCUT2D eigenvalue weighted by Crippen LogP contribution is -2.27. The molecule has 1 aromatic heterocycles. The zero-order valence-corrected chi connectivity index (χ0v) is 12.2. The molecule has 0 aliphatic carbocycles. The van der Waals surface area contributed by atoms with E-state index in [-0.39, 0.29) is 11.9 Å². The first-order chi connectivity index (χ1) is 10.1. The van der Waals surface area contributed by atoms with Gasteiger partial charge in [0.1, 0.15) is 11.6 Å². The van der Waals surface area contributed by atoms with Crippen LogP contribution in [0.1, 0.15) is 22.7 Å². The topological polar surface area (TPSA) is 56.3 Å². The number of ether oxygens (including phenoxy) is 1. The van der Waals surface area contributed by atoms with Crippen molar-refractivity contribution in [3.8, 4) is 5.75 Å². The van der Waals surface area contributed by atoms with Crippen LogP contribution in [0.15, 0.2) is 24.5 Å². The van der Waals surface area contributed by atoms with Gasteiger partial charge in [-0.25, -0.2) is 4.39 Å². The maximum absolute atomic E-state index is 14.2. The number of benzene rings is 1. The second kappa shape index (κ2) is 5.46. The average Bonchev–Trinajstić information content (AvgIpc) is 3.04. The summed E-state index contributed by atoms with van der Waals surface area (Å²) in [7, 11) is 3.49. The van der Waals surface area contributed by atoms with Crippen LogP contribution >= 0.6 is 0 Å². The highest BCUT2D eigenvalue weighted by Crippen LogP contribution is 2.40. The summed E-state index contributed by atoms with van der Waals surface area (Å²) in [5.74, 6) is 0.508. The molecule has 0 bridgehead atoms. The van der Waals surface area contributed by atoms with Gasteiger partial charge in [-0.15, -0.1) is 0 Å². The summed E-state index contributed by atoms with van der Waals surface area (Å²) in [6, 6.07) is 3.00. The first-order valence-electron chi connectivity index (χ1n) is 6.91. The SMILES string of the molecule is COc1ccc(F)c2c1CN(Cc1cnn(C)c1)C2CN. The Kier molecular flexibility index (Phi) is 3.65. The number of methoxy groups -OCH3 is 1. The molecule has 1 aliphatic rings. The molecule has 1 atom stereocenters. The monoisotopic (exact) mass is 290 g/mol. The van der Waals surface area contributed by atoms with Gasteiger partial charge in [-0.3, -0.25) is 9.58 Å². The predicted molar refractivity (Wildman–Crippen MR) is 77.2 cm³/mol. The number of halogens is 1. The van der Waals surface area contributed by atoms with E-state index in [1.165, 1.54) is 6.07 Å². The molecule has 0 saturated heterocycles. The van der Waals surface area contributed by atoms with Gasteiger partial charge < -0.3 is 10.5 Å². The Hall–Kier alpha value is -1.92. The quantitative estimate of drug-likeness (QED) is 0.929. The second-order valence-corrected chi connectivity index (χ2v) is 5.32. The van der Waals surface area contributed by atoms with Crippen molar-refractivity contribution in [3.05, 3.63) is 47.0 Å². The molecule has 1 unspecified atom stereocenters. The van der Waals surface area contributed by atoms with E-state index >= 15 is 0 Å². The van der Waals surface area contributed by atoms with Gasteiger partial charge in [0.15, 0.2) is 0 Å². The van der Waals surface area contributed by atoms with E-state index in [9.17, 15) is 4.39 Å². The molecule has 6 heteroatoms. The van der Waals surface area contributed by atoms with Gasteiger partial charge in [0.2, 0.25) is 0 Å². The van der Waals surface area contributed by atoms with E-state index in [2.05, 4.69) is 10.00 Å². The smallest absolute Gasteiger partial charge is 0.128 e. The molecule has 1 aromatic carbocycles. The summed E-state index contributed by atoms with van der Waals surface area (Å²) in [5, 5.41) is 4.17. The normalized spacial score (nSPS) is 18.0. The van der Waals surface area contributed by atoms with Crippen molar-refractivity contribution in [2.75, 3.05) is 13.7 Å². The number of fused-ring (bicyclic) bond motifs is 1. The van der Waals surface area contributed by atoms with Crippen molar-refractivity contribution in [3.63, 3.8) is 0 Å². The molecule has 2 aromatic rings. The maximum atomic E-state index is 14.2. The molecule has 0 radical (unpaired) electrons. The molecule has 2 heterocycles. The number of hydrogen-bond donors (Lipinski definition) is 1. The van der Waals surface area contributed by atoms with Crippen molar-refractivity contribution in [1.29, 1.82) is 0 Å². The summed E-state index contributed by atoms with van der Waals surface area (Å²) in [4.78, 5) is 2.16. The Balaban J connectivity index is 1.93. The third-order valence-corrected chi connectivity index (χ3v) is 3.98. The van der Waals surface area contributed by atoms with E-state index < -0.39 is 0 Å². The fourth-order valence-electron chi connectivity index (χ4n) is 3.05. The van der Waals surface area contributed by atoms with Gasteiger partial charge >= 0.3 is 0 Å². The second-order valence-electron chi connectivity index (χ2n) is 5.32. The summed E-state index contributed by atoms with van der Waals surface area (Å²) >= 11 is 0. The molecule has 112 valence electrons. The van der Waals surface area contributed by atoms with E-state index in [0.717, 1.165) is 16.9 Å². The third kappa shape index (κ3) is 2.41. The van der Waals surface area contributed by atoms with Crippen LogP contribution in [0, 0.1) is 5.82 Å². The molecular formula is C15H19FN4O. The van der Waals surface area contributed by atoms with Gasteiger partial charge in [0.05, 0.1) is 19.3 Å². The van der Waals surface area contributed by atoms with Gasteiger partial charge in [-0.2, -0.15) is 5.10 Å².